The molecule has 0 aliphatic rings. The first-order valence-corrected chi connectivity index (χ1v) is 8.56. The van der Waals surface area contributed by atoms with Crippen LogP contribution in [0.3, 0.4) is 0 Å². The molecule has 0 amide bonds. The number of benzene rings is 2. The van der Waals surface area contributed by atoms with E-state index in [9.17, 15) is 14.9 Å². The smallest absolute Gasteiger partial charge is 0.331 e. The van der Waals surface area contributed by atoms with Crippen molar-refractivity contribution in [3.05, 3.63) is 81.0 Å². The fraction of sp³-hybridized carbons (Fsp3) is 0.100. The molecular weight excluding hydrogens is 384 g/mol. The van der Waals surface area contributed by atoms with E-state index in [1.54, 1.807) is 37.4 Å². The van der Waals surface area contributed by atoms with Gasteiger partial charge in [-0.2, -0.15) is 0 Å². The maximum absolute atomic E-state index is 11.9. The molecule has 0 N–H and O–H groups in total. The van der Waals surface area contributed by atoms with Gasteiger partial charge in [-0.3, -0.25) is 10.1 Å². The third kappa shape index (κ3) is 4.63. The van der Waals surface area contributed by atoms with Crippen LogP contribution < -0.4 is 4.74 Å². The molecule has 0 aliphatic carbocycles. The summed E-state index contributed by atoms with van der Waals surface area (Å²) in [6.45, 7) is -0.0497. The van der Waals surface area contributed by atoms with Crippen LogP contribution in [-0.2, 0) is 16.1 Å². The number of carbonyl (C=O) groups excluding carboxylic acids is 1. The topological polar surface area (TPSA) is 91.6 Å². The summed E-state index contributed by atoms with van der Waals surface area (Å²) < 4.78 is 10.4. The van der Waals surface area contributed by atoms with Gasteiger partial charge in [-0.25, -0.2) is 9.78 Å². The number of aromatic nitrogens is 1. The number of esters is 1. The van der Waals surface area contributed by atoms with Gasteiger partial charge in [0.2, 0.25) is 0 Å². The average molecular weight is 399 g/mol. The Hall–Kier alpha value is -3.45. The fourth-order valence-electron chi connectivity index (χ4n) is 2.50. The molecule has 142 valence electrons. The average Bonchev–Trinajstić information content (AvgIpc) is 2.70. The van der Waals surface area contributed by atoms with Gasteiger partial charge < -0.3 is 9.47 Å². The van der Waals surface area contributed by atoms with Crippen molar-refractivity contribution >= 4 is 40.2 Å². The standard InChI is InChI=1S/C20H15ClN2O5/c1-27-17-7-6-14-10-15(20(21)22-18(14)11-17)12-28-19(24)8-5-13-3-2-4-16(9-13)23(25)26/h2-11H,12H2,1H3. The first kappa shape index (κ1) is 19.3. The number of hydrogen-bond acceptors (Lipinski definition) is 6. The molecule has 1 aromatic heterocycles. The second-order valence-electron chi connectivity index (χ2n) is 5.79. The molecule has 3 rings (SSSR count). The highest BCUT2D eigenvalue weighted by atomic mass is 35.5. The third-order valence-corrected chi connectivity index (χ3v) is 4.24. The summed E-state index contributed by atoms with van der Waals surface area (Å²) in [5.41, 5.74) is 1.70. The van der Waals surface area contributed by atoms with Crippen LogP contribution in [0.25, 0.3) is 17.0 Å². The highest BCUT2D eigenvalue weighted by Crippen LogP contribution is 2.24. The molecule has 28 heavy (non-hydrogen) atoms. The highest BCUT2D eigenvalue weighted by Gasteiger charge is 2.09. The van der Waals surface area contributed by atoms with Crippen molar-refractivity contribution in [3.8, 4) is 5.75 Å². The van der Waals surface area contributed by atoms with Crippen molar-refractivity contribution in [2.45, 2.75) is 6.61 Å². The minimum atomic E-state index is -0.600. The number of methoxy groups -OCH3 is 1. The molecule has 0 atom stereocenters. The van der Waals surface area contributed by atoms with Gasteiger partial charge in [0.1, 0.15) is 17.5 Å². The van der Waals surface area contributed by atoms with Crippen LogP contribution in [0, 0.1) is 10.1 Å². The highest BCUT2D eigenvalue weighted by molar-refractivity contribution is 6.30. The van der Waals surface area contributed by atoms with Crippen molar-refractivity contribution < 1.29 is 19.2 Å². The maximum Gasteiger partial charge on any atom is 0.331 e. The Morgan fingerprint density at radius 1 is 1.25 bits per heavy atom. The van der Waals surface area contributed by atoms with Crippen molar-refractivity contribution in [2.24, 2.45) is 0 Å². The number of pyridine rings is 1. The van der Waals surface area contributed by atoms with E-state index in [4.69, 9.17) is 21.1 Å². The molecule has 8 heteroatoms. The third-order valence-electron chi connectivity index (χ3n) is 3.91. The van der Waals surface area contributed by atoms with Gasteiger partial charge in [0.15, 0.2) is 0 Å². The molecule has 0 saturated carbocycles. The van der Waals surface area contributed by atoms with Gasteiger partial charge in [0.05, 0.1) is 17.5 Å². The van der Waals surface area contributed by atoms with E-state index in [1.165, 1.54) is 24.3 Å². The lowest BCUT2D eigenvalue weighted by Gasteiger charge is -2.07. The minimum Gasteiger partial charge on any atom is -0.497 e. The molecule has 7 nitrogen and oxygen atoms in total. The zero-order chi connectivity index (χ0) is 20.1. The Morgan fingerprint density at radius 3 is 2.82 bits per heavy atom. The van der Waals surface area contributed by atoms with Crippen molar-refractivity contribution in [3.63, 3.8) is 0 Å². The van der Waals surface area contributed by atoms with Crippen LogP contribution in [-0.4, -0.2) is 23.0 Å². The lowest BCUT2D eigenvalue weighted by molar-refractivity contribution is -0.384. The van der Waals surface area contributed by atoms with Crippen LogP contribution in [0.4, 0.5) is 5.69 Å². The van der Waals surface area contributed by atoms with E-state index in [2.05, 4.69) is 4.98 Å². The van der Waals surface area contributed by atoms with E-state index in [-0.39, 0.29) is 17.4 Å². The lowest BCUT2D eigenvalue weighted by atomic mass is 10.1. The normalized spacial score (nSPS) is 10.9. The quantitative estimate of drug-likeness (QED) is 0.199. The van der Waals surface area contributed by atoms with Gasteiger partial charge in [-0.15, -0.1) is 0 Å². The number of fused-ring (bicyclic) bond motifs is 1. The van der Waals surface area contributed by atoms with Crippen molar-refractivity contribution in [2.75, 3.05) is 7.11 Å². The Bertz CT molecular complexity index is 1080. The van der Waals surface area contributed by atoms with Crippen molar-refractivity contribution in [1.82, 2.24) is 4.98 Å². The second kappa shape index (κ2) is 8.49. The number of nitro benzene ring substituents is 1. The van der Waals surface area contributed by atoms with Crippen molar-refractivity contribution in [1.29, 1.82) is 0 Å². The number of rotatable bonds is 6. The molecule has 1 heterocycles. The number of nitro groups is 1. The molecule has 0 aliphatic heterocycles. The van der Waals surface area contributed by atoms with E-state index in [1.807, 2.05) is 6.07 Å². The Balaban J connectivity index is 1.68. The molecule has 0 saturated heterocycles. The minimum absolute atomic E-state index is 0.0497. The molecular formula is C20H15ClN2O5. The summed E-state index contributed by atoms with van der Waals surface area (Å²) in [5, 5.41) is 11.8. The SMILES string of the molecule is COc1ccc2cc(COC(=O)C=Cc3cccc([N+](=O)[O-])c3)c(Cl)nc2c1. The fourth-order valence-corrected chi connectivity index (χ4v) is 2.70. The molecule has 0 fully saturated rings. The molecule has 0 unspecified atom stereocenters. The Kier molecular flexibility index (Phi) is 5.86. The van der Waals surface area contributed by atoms with Gasteiger partial charge in [-0.05, 0) is 29.8 Å². The number of nitrogens with zero attached hydrogens (tertiary/aromatic N) is 2. The molecule has 0 spiro atoms. The van der Waals surface area contributed by atoms with Crippen LogP contribution in [0.1, 0.15) is 11.1 Å². The van der Waals surface area contributed by atoms with E-state index in [0.717, 1.165) is 5.39 Å². The molecule has 0 radical (unpaired) electrons. The second-order valence-corrected chi connectivity index (χ2v) is 6.15. The van der Waals surface area contributed by atoms with Gasteiger partial charge in [-0.1, -0.05) is 23.7 Å². The zero-order valence-corrected chi connectivity index (χ0v) is 15.6. The van der Waals surface area contributed by atoms with E-state index < -0.39 is 10.9 Å². The lowest BCUT2D eigenvalue weighted by Crippen LogP contribution is -2.02. The summed E-state index contributed by atoms with van der Waals surface area (Å²) in [6, 6.07) is 13.1. The summed E-state index contributed by atoms with van der Waals surface area (Å²) in [4.78, 5) is 26.5. The molecule has 3 aromatic rings. The molecule has 0 bridgehead atoms. The van der Waals surface area contributed by atoms with Gasteiger partial charge in [0.25, 0.3) is 5.69 Å². The van der Waals surface area contributed by atoms with Crippen LogP contribution in [0.5, 0.6) is 5.75 Å². The number of halogens is 1. The first-order valence-electron chi connectivity index (χ1n) is 8.19. The largest absolute Gasteiger partial charge is 0.497 e. The first-order chi connectivity index (χ1) is 13.5. The summed E-state index contributed by atoms with van der Waals surface area (Å²) in [6.07, 6.45) is 2.65. The predicted molar refractivity (Wildman–Crippen MR) is 105 cm³/mol. The Labute approximate surface area is 165 Å². The summed E-state index contributed by atoms with van der Waals surface area (Å²) in [5.74, 6) is 0.0685. The monoisotopic (exact) mass is 398 g/mol. The summed E-state index contributed by atoms with van der Waals surface area (Å²) in [7, 11) is 1.57. The van der Waals surface area contributed by atoms with E-state index >= 15 is 0 Å². The summed E-state index contributed by atoms with van der Waals surface area (Å²) >= 11 is 6.18. The maximum atomic E-state index is 11.9. The van der Waals surface area contributed by atoms with Gasteiger partial charge >= 0.3 is 5.97 Å². The van der Waals surface area contributed by atoms with Gasteiger partial charge in [0, 0.05) is 35.2 Å². The molecule has 2 aromatic carbocycles. The van der Waals surface area contributed by atoms with E-state index in [0.29, 0.717) is 22.4 Å². The predicted octanol–water partition coefficient (Wildman–Crippen LogP) is 4.56. The number of non-ortho nitro benzene ring substituents is 1. The van der Waals surface area contributed by atoms with Crippen LogP contribution in [0.15, 0.2) is 54.6 Å². The van der Waals surface area contributed by atoms with Crippen LogP contribution >= 0.6 is 11.6 Å². The number of ether oxygens (including phenoxy) is 2. The number of carbonyl (C=O) groups is 1. The zero-order valence-electron chi connectivity index (χ0n) is 14.8. The Morgan fingerprint density at radius 2 is 2.07 bits per heavy atom. The van der Waals surface area contributed by atoms with Crippen LogP contribution in [0.2, 0.25) is 5.15 Å². The number of hydrogen-bond donors (Lipinski definition) is 0.